The molecule has 162 valence electrons. The number of carbonyl (C=O) groups excluding carboxylic acids is 1. The van der Waals surface area contributed by atoms with Gasteiger partial charge >= 0.3 is 0 Å². The third-order valence-corrected chi connectivity index (χ3v) is 4.90. The summed E-state index contributed by atoms with van der Waals surface area (Å²) >= 11 is 0. The zero-order valence-corrected chi connectivity index (χ0v) is 17.3. The first kappa shape index (κ1) is 21.0. The van der Waals surface area contributed by atoms with Gasteiger partial charge in [0.1, 0.15) is 11.7 Å². The maximum Gasteiger partial charge on any atom is 0.267 e. The Kier molecular flexibility index (Phi) is 6.07. The third kappa shape index (κ3) is 4.56. The summed E-state index contributed by atoms with van der Waals surface area (Å²) < 4.78 is 7.71. The molecule has 4 rings (SSSR count). The summed E-state index contributed by atoms with van der Waals surface area (Å²) in [5.41, 5.74) is 1.33. The van der Waals surface area contributed by atoms with Gasteiger partial charge in [-0.1, -0.05) is 30.3 Å². The van der Waals surface area contributed by atoms with E-state index in [0.29, 0.717) is 17.1 Å². The van der Waals surface area contributed by atoms with Crippen molar-refractivity contribution in [3.05, 3.63) is 93.7 Å². The summed E-state index contributed by atoms with van der Waals surface area (Å²) in [5.74, 6) is 0.0959. The van der Waals surface area contributed by atoms with E-state index in [0.717, 1.165) is 10.2 Å². The van der Waals surface area contributed by atoms with E-state index >= 15 is 0 Å². The van der Waals surface area contributed by atoms with E-state index < -0.39 is 17.5 Å². The smallest absolute Gasteiger partial charge is 0.267 e. The Balaban J connectivity index is 1.43. The molecule has 1 N–H and O–H groups in total. The molecule has 0 aliphatic heterocycles. The van der Waals surface area contributed by atoms with E-state index in [4.69, 9.17) is 4.42 Å². The molecule has 0 fully saturated rings. The van der Waals surface area contributed by atoms with E-state index in [1.807, 2.05) is 30.3 Å². The van der Waals surface area contributed by atoms with Crippen molar-refractivity contribution in [1.82, 2.24) is 24.9 Å². The van der Waals surface area contributed by atoms with Gasteiger partial charge < -0.3 is 9.73 Å². The lowest BCUT2D eigenvalue weighted by Crippen LogP contribution is -2.39. The molecule has 3 aromatic heterocycles. The molecule has 1 unspecified atom stereocenters. The second-order valence-electron chi connectivity index (χ2n) is 7.09. The van der Waals surface area contributed by atoms with Crippen LogP contribution in [-0.2, 0) is 11.3 Å². The molecule has 0 radical (unpaired) electrons. The Hall–Kier alpha value is -4.27. The van der Waals surface area contributed by atoms with Crippen LogP contribution in [0, 0.1) is 0 Å². The lowest BCUT2D eigenvalue weighted by molar-refractivity contribution is -0.124. The highest BCUT2D eigenvalue weighted by atomic mass is 16.3. The Morgan fingerprint density at radius 2 is 1.69 bits per heavy atom. The molecule has 1 amide bonds. The number of furan rings is 1. The van der Waals surface area contributed by atoms with E-state index in [9.17, 15) is 14.4 Å². The van der Waals surface area contributed by atoms with Crippen molar-refractivity contribution >= 4 is 5.91 Å². The first-order valence-corrected chi connectivity index (χ1v) is 10.1. The third-order valence-electron chi connectivity index (χ3n) is 4.90. The largest absolute Gasteiger partial charge is 0.463 e. The number of aromatic nitrogens is 4. The summed E-state index contributed by atoms with van der Waals surface area (Å²) in [7, 11) is 0. The van der Waals surface area contributed by atoms with E-state index in [1.165, 1.54) is 23.1 Å². The number of nitrogens with one attached hydrogen (secondary N) is 1. The van der Waals surface area contributed by atoms with Crippen LogP contribution < -0.4 is 16.4 Å². The van der Waals surface area contributed by atoms with Gasteiger partial charge in [-0.3, -0.25) is 14.4 Å². The van der Waals surface area contributed by atoms with Crippen LogP contribution in [0.25, 0.3) is 22.7 Å². The second kappa shape index (κ2) is 9.25. The lowest BCUT2D eigenvalue weighted by Gasteiger charge is -2.15. The van der Waals surface area contributed by atoms with Gasteiger partial charge in [-0.15, -0.1) is 0 Å². The average molecular weight is 431 g/mol. The summed E-state index contributed by atoms with van der Waals surface area (Å²) in [6.45, 7) is 1.93. The van der Waals surface area contributed by atoms with Crippen LogP contribution >= 0.6 is 0 Å². The number of benzene rings is 1. The molecule has 0 aliphatic carbocycles. The summed E-state index contributed by atoms with van der Waals surface area (Å²) in [4.78, 5) is 37.0. The van der Waals surface area contributed by atoms with E-state index in [-0.39, 0.29) is 18.6 Å². The van der Waals surface area contributed by atoms with Crippen LogP contribution in [0.5, 0.6) is 0 Å². The number of amides is 1. The van der Waals surface area contributed by atoms with Crippen LogP contribution in [0.4, 0.5) is 0 Å². The number of hydrogen-bond acceptors (Lipinski definition) is 6. The van der Waals surface area contributed by atoms with E-state index in [1.54, 1.807) is 31.2 Å². The predicted octanol–water partition coefficient (Wildman–Crippen LogP) is 2.10. The quantitative estimate of drug-likeness (QED) is 0.480. The Bertz CT molecular complexity index is 1330. The Morgan fingerprint density at radius 1 is 0.938 bits per heavy atom. The maximum absolute atomic E-state index is 12.6. The number of rotatable bonds is 7. The van der Waals surface area contributed by atoms with Crippen molar-refractivity contribution in [2.24, 2.45) is 0 Å². The standard InChI is InChI=1S/C23H21N5O4/c1-16(28-22(30)12-10-19(26-28)20-8-5-15-32-20)23(31)24-13-14-27-21(29)11-9-18(25-27)17-6-3-2-4-7-17/h2-12,15-16H,13-14H2,1H3,(H,24,31). The van der Waals surface area contributed by atoms with Gasteiger partial charge in [0.25, 0.3) is 11.1 Å². The van der Waals surface area contributed by atoms with Gasteiger partial charge in [-0.2, -0.15) is 10.2 Å². The molecule has 1 aromatic carbocycles. The van der Waals surface area contributed by atoms with Gasteiger partial charge in [0.2, 0.25) is 5.91 Å². The van der Waals surface area contributed by atoms with Crippen molar-refractivity contribution in [2.75, 3.05) is 6.54 Å². The van der Waals surface area contributed by atoms with Crippen molar-refractivity contribution in [3.8, 4) is 22.7 Å². The van der Waals surface area contributed by atoms with Gasteiger partial charge in [0.05, 0.1) is 18.5 Å². The van der Waals surface area contributed by atoms with Gasteiger partial charge in [-0.05, 0) is 31.2 Å². The molecule has 32 heavy (non-hydrogen) atoms. The van der Waals surface area contributed by atoms with Crippen LogP contribution in [0.3, 0.4) is 0 Å². The summed E-state index contributed by atoms with van der Waals surface area (Å²) in [6, 6.07) is 18.1. The molecule has 0 aliphatic rings. The van der Waals surface area contributed by atoms with Gasteiger partial charge in [0.15, 0.2) is 5.76 Å². The van der Waals surface area contributed by atoms with Crippen molar-refractivity contribution in [2.45, 2.75) is 19.5 Å². The van der Waals surface area contributed by atoms with Crippen LogP contribution in [0.1, 0.15) is 13.0 Å². The van der Waals surface area contributed by atoms with Crippen molar-refractivity contribution in [1.29, 1.82) is 0 Å². The Morgan fingerprint density at radius 3 is 2.44 bits per heavy atom. The molecule has 0 bridgehead atoms. The minimum atomic E-state index is -0.849. The van der Waals surface area contributed by atoms with E-state index in [2.05, 4.69) is 15.5 Å². The van der Waals surface area contributed by atoms with Gasteiger partial charge in [0, 0.05) is 24.2 Å². The molecule has 0 saturated carbocycles. The molecule has 4 aromatic rings. The Labute approximate surface area is 182 Å². The van der Waals surface area contributed by atoms with Crippen molar-refractivity contribution in [3.63, 3.8) is 0 Å². The number of carbonyl (C=O) groups is 1. The first-order chi connectivity index (χ1) is 15.5. The summed E-state index contributed by atoms with van der Waals surface area (Å²) in [5, 5.41) is 11.4. The predicted molar refractivity (Wildman–Crippen MR) is 118 cm³/mol. The second-order valence-corrected chi connectivity index (χ2v) is 7.09. The molecule has 9 heteroatoms. The molecule has 0 spiro atoms. The SMILES string of the molecule is CC(C(=O)NCCn1nc(-c2ccccc2)ccc1=O)n1nc(-c2ccco2)ccc1=O. The normalized spacial score (nSPS) is 11.8. The fraction of sp³-hybridized carbons (Fsp3) is 0.174. The zero-order chi connectivity index (χ0) is 22.5. The molecule has 9 nitrogen and oxygen atoms in total. The first-order valence-electron chi connectivity index (χ1n) is 10.1. The summed E-state index contributed by atoms with van der Waals surface area (Å²) in [6.07, 6.45) is 1.51. The van der Waals surface area contributed by atoms with Crippen LogP contribution in [0.15, 0.2) is 87.0 Å². The average Bonchev–Trinajstić information content (AvgIpc) is 3.35. The van der Waals surface area contributed by atoms with Gasteiger partial charge in [-0.25, -0.2) is 9.36 Å². The molecule has 1 atom stereocenters. The number of hydrogen-bond donors (Lipinski definition) is 1. The highest BCUT2D eigenvalue weighted by Crippen LogP contribution is 2.16. The molecule has 3 heterocycles. The molecular formula is C23H21N5O4. The minimum Gasteiger partial charge on any atom is -0.463 e. The van der Waals surface area contributed by atoms with Crippen molar-refractivity contribution < 1.29 is 9.21 Å². The highest BCUT2D eigenvalue weighted by Gasteiger charge is 2.18. The zero-order valence-electron chi connectivity index (χ0n) is 17.3. The van der Waals surface area contributed by atoms with Crippen LogP contribution in [-0.4, -0.2) is 32.0 Å². The topological polar surface area (TPSA) is 112 Å². The lowest BCUT2D eigenvalue weighted by atomic mass is 10.1. The monoisotopic (exact) mass is 431 g/mol. The molecule has 0 saturated heterocycles. The fourth-order valence-electron chi connectivity index (χ4n) is 3.17. The fourth-order valence-corrected chi connectivity index (χ4v) is 3.17. The number of nitrogens with zero attached hydrogens (tertiary/aromatic N) is 4. The van der Waals surface area contributed by atoms with Crippen LogP contribution in [0.2, 0.25) is 0 Å². The molecular weight excluding hydrogens is 410 g/mol. The minimum absolute atomic E-state index is 0.168. The maximum atomic E-state index is 12.6. The highest BCUT2D eigenvalue weighted by molar-refractivity contribution is 5.79.